The van der Waals surface area contributed by atoms with Crippen molar-refractivity contribution in [3.63, 3.8) is 0 Å². The van der Waals surface area contributed by atoms with E-state index in [-0.39, 0.29) is 18.0 Å². The van der Waals surface area contributed by atoms with Gasteiger partial charge in [0.25, 0.3) is 0 Å². The lowest BCUT2D eigenvalue weighted by Crippen LogP contribution is -2.37. The quantitative estimate of drug-likeness (QED) is 0.747. The summed E-state index contributed by atoms with van der Waals surface area (Å²) in [6, 6.07) is 9.86. The summed E-state index contributed by atoms with van der Waals surface area (Å²) in [6.45, 7) is 1.83. The molecular weight excluding hydrogens is 366 g/mol. The van der Waals surface area contributed by atoms with Gasteiger partial charge in [0.15, 0.2) is 0 Å². The van der Waals surface area contributed by atoms with Crippen molar-refractivity contribution < 1.29 is 23.4 Å². The number of morpholine rings is 1. The second kappa shape index (κ2) is 9.43. The van der Waals surface area contributed by atoms with Gasteiger partial charge in [-0.25, -0.2) is 8.78 Å². The number of amides is 1. The molecule has 1 fully saturated rings. The van der Waals surface area contributed by atoms with E-state index in [2.05, 4.69) is 5.32 Å². The number of nitrogens with one attached hydrogen (secondary N) is 1. The Morgan fingerprint density at radius 2 is 1.93 bits per heavy atom. The number of nitrogens with zero attached hydrogens (tertiary/aromatic N) is 1. The number of carbonyl (C=O) groups is 1. The van der Waals surface area contributed by atoms with Crippen LogP contribution in [-0.4, -0.2) is 43.9 Å². The summed E-state index contributed by atoms with van der Waals surface area (Å²) < 4.78 is 33.2. The molecule has 5 nitrogen and oxygen atoms in total. The van der Waals surface area contributed by atoms with Gasteiger partial charge < -0.3 is 20.1 Å². The van der Waals surface area contributed by atoms with E-state index in [1.165, 1.54) is 30.4 Å². The van der Waals surface area contributed by atoms with Gasteiger partial charge in [0.2, 0.25) is 5.91 Å². The average Bonchev–Trinajstić information content (AvgIpc) is 2.72. The third kappa shape index (κ3) is 4.94. The van der Waals surface area contributed by atoms with Crippen molar-refractivity contribution in [3.05, 3.63) is 71.3 Å². The molecule has 2 N–H and O–H groups in total. The Labute approximate surface area is 162 Å². The molecule has 0 radical (unpaired) electrons. The minimum atomic E-state index is -0.710. The minimum absolute atomic E-state index is 0.287. The predicted molar refractivity (Wildman–Crippen MR) is 103 cm³/mol. The summed E-state index contributed by atoms with van der Waals surface area (Å²) in [6.07, 6.45) is 2.57. The fraction of sp³-hybridized carbons (Fsp3) is 0.286. The number of hydrogen-bond donors (Lipinski definition) is 2. The van der Waals surface area contributed by atoms with Crippen LogP contribution < -0.4 is 10.2 Å². The minimum Gasteiger partial charge on any atom is -0.394 e. The zero-order chi connectivity index (χ0) is 19.9. The van der Waals surface area contributed by atoms with E-state index in [4.69, 9.17) is 4.74 Å². The van der Waals surface area contributed by atoms with Gasteiger partial charge in [0.05, 0.1) is 31.5 Å². The Hall–Kier alpha value is -2.77. The van der Waals surface area contributed by atoms with Crippen LogP contribution in [0.4, 0.5) is 14.5 Å². The molecule has 1 aliphatic heterocycles. The molecule has 1 unspecified atom stereocenters. The monoisotopic (exact) mass is 388 g/mol. The standard InChI is InChI=1S/C21H22F2N2O3/c22-17-4-2-1-3-15(17)6-8-21(27)24-19(14-26)16-5-7-18(23)20(13-16)25-9-11-28-12-10-25/h1-8,13,19,26H,9-12,14H2,(H,24,27)/b8-6+. The van der Waals surface area contributed by atoms with E-state index in [0.29, 0.717) is 37.6 Å². The molecule has 0 aromatic heterocycles. The van der Waals surface area contributed by atoms with Gasteiger partial charge in [-0.15, -0.1) is 0 Å². The van der Waals surface area contributed by atoms with E-state index >= 15 is 0 Å². The Morgan fingerprint density at radius 1 is 1.18 bits per heavy atom. The van der Waals surface area contributed by atoms with Gasteiger partial charge in [-0.3, -0.25) is 4.79 Å². The van der Waals surface area contributed by atoms with Crippen molar-refractivity contribution in [1.29, 1.82) is 0 Å². The van der Waals surface area contributed by atoms with Gasteiger partial charge in [-0.05, 0) is 29.8 Å². The summed E-state index contributed by atoms with van der Waals surface area (Å²) >= 11 is 0. The van der Waals surface area contributed by atoms with Crippen molar-refractivity contribution in [2.45, 2.75) is 6.04 Å². The molecule has 1 amide bonds. The molecule has 0 aliphatic carbocycles. The number of hydrogen-bond acceptors (Lipinski definition) is 4. The molecule has 1 saturated heterocycles. The average molecular weight is 388 g/mol. The van der Waals surface area contributed by atoms with Gasteiger partial charge in [0, 0.05) is 24.7 Å². The number of aliphatic hydroxyl groups excluding tert-OH is 1. The Kier molecular flexibility index (Phi) is 6.73. The number of carbonyl (C=O) groups excluding carboxylic acids is 1. The number of rotatable bonds is 6. The number of aliphatic hydroxyl groups is 1. The first-order valence-electron chi connectivity index (χ1n) is 9.04. The molecule has 2 aromatic carbocycles. The molecule has 1 aliphatic rings. The van der Waals surface area contributed by atoms with Crippen molar-refractivity contribution >= 4 is 17.7 Å². The molecule has 0 saturated carbocycles. The first-order valence-corrected chi connectivity index (χ1v) is 9.04. The summed E-state index contributed by atoms with van der Waals surface area (Å²) in [5.74, 6) is -1.29. The zero-order valence-electron chi connectivity index (χ0n) is 15.3. The highest BCUT2D eigenvalue weighted by Gasteiger charge is 2.19. The SMILES string of the molecule is O=C(/C=C/c1ccccc1F)NC(CO)c1ccc(F)c(N2CCOCC2)c1. The van der Waals surface area contributed by atoms with Crippen LogP contribution in [0.1, 0.15) is 17.2 Å². The third-order valence-corrected chi connectivity index (χ3v) is 4.54. The third-order valence-electron chi connectivity index (χ3n) is 4.54. The van der Waals surface area contributed by atoms with Crippen molar-refractivity contribution in [2.24, 2.45) is 0 Å². The first kappa shape index (κ1) is 20.0. The Morgan fingerprint density at radius 3 is 2.64 bits per heavy atom. The molecule has 2 aromatic rings. The van der Waals surface area contributed by atoms with Crippen molar-refractivity contribution in [2.75, 3.05) is 37.8 Å². The van der Waals surface area contributed by atoms with Crippen LogP contribution in [0.2, 0.25) is 0 Å². The second-order valence-electron chi connectivity index (χ2n) is 6.41. The van der Waals surface area contributed by atoms with Crippen LogP contribution >= 0.6 is 0 Å². The summed E-state index contributed by atoms with van der Waals surface area (Å²) in [4.78, 5) is 14.1. The highest BCUT2D eigenvalue weighted by atomic mass is 19.1. The van der Waals surface area contributed by atoms with E-state index in [1.54, 1.807) is 24.3 Å². The highest BCUT2D eigenvalue weighted by Crippen LogP contribution is 2.25. The summed E-state index contributed by atoms with van der Waals surface area (Å²) in [5, 5.41) is 12.4. The zero-order valence-corrected chi connectivity index (χ0v) is 15.3. The molecule has 7 heteroatoms. The van der Waals surface area contributed by atoms with E-state index in [1.807, 2.05) is 4.90 Å². The maximum atomic E-state index is 14.3. The second-order valence-corrected chi connectivity index (χ2v) is 6.41. The summed E-state index contributed by atoms with van der Waals surface area (Å²) in [5.41, 5.74) is 1.28. The molecule has 1 heterocycles. The predicted octanol–water partition coefficient (Wildman–Crippen LogP) is 2.66. The maximum Gasteiger partial charge on any atom is 0.244 e. The normalized spacial score (nSPS) is 15.6. The highest BCUT2D eigenvalue weighted by molar-refractivity contribution is 5.92. The van der Waals surface area contributed by atoms with Crippen LogP contribution in [0.25, 0.3) is 6.08 Å². The largest absolute Gasteiger partial charge is 0.394 e. The first-order chi connectivity index (χ1) is 13.6. The van der Waals surface area contributed by atoms with Gasteiger partial charge in [-0.1, -0.05) is 24.3 Å². The van der Waals surface area contributed by atoms with Crippen LogP contribution in [0, 0.1) is 11.6 Å². The topological polar surface area (TPSA) is 61.8 Å². The van der Waals surface area contributed by atoms with Crippen LogP contribution in [-0.2, 0) is 9.53 Å². The van der Waals surface area contributed by atoms with Gasteiger partial charge >= 0.3 is 0 Å². The van der Waals surface area contributed by atoms with Crippen LogP contribution in [0.5, 0.6) is 0 Å². The molecule has 3 rings (SSSR count). The Bertz CT molecular complexity index is 851. The van der Waals surface area contributed by atoms with E-state index in [0.717, 1.165) is 0 Å². The molecule has 28 heavy (non-hydrogen) atoms. The fourth-order valence-electron chi connectivity index (χ4n) is 3.02. The Balaban J connectivity index is 1.72. The van der Waals surface area contributed by atoms with Crippen LogP contribution in [0.15, 0.2) is 48.5 Å². The molecule has 0 bridgehead atoms. The van der Waals surface area contributed by atoms with Crippen molar-refractivity contribution in [3.8, 4) is 0 Å². The molecule has 0 spiro atoms. The van der Waals surface area contributed by atoms with E-state index in [9.17, 15) is 18.7 Å². The number of halogens is 2. The van der Waals surface area contributed by atoms with Crippen LogP contribution in [0.3, 0.4) is 0 Å². The summed E-state index contributed by atoms with van der Waals surface area (Å²) in [7, 11) is 0. The molecule has 148 valence electrons. The number of benzene rings is 2. The van der Waals surface area contributed by atoms with Crippen molar-refractivity contribution in [1.82, 2.24) is 5.32 Å². The maximum absolute atomic E-state index is 14.3. The van der Waals surface area contributed by atoms with Gasteiger partial charge in [-0.2, -0.15) is 0 Å². The lowest BCUT2D eigenvalue weighted by Gasteiger charge is -2.30. The number of ether oxygens (including phenoxy) is 1. The fourth-order valence-corrected chi connectivity index (χ4v) is 3.02. The molecule has 1 atom stereocenters. The van der Waals surface area contributed by atoms with Gasteiger partial charge in [0.1, 0.15) is 11.6 Å². The molecular formula is C21H22F2N2O3. The smallest absolute Gasteiger partial charge is 0.244 e. The van der Waals surface area contributed by atoms with E-state index < -0.39 is 17.8 Å². The lowest BCUT2D eigenvalue weighted by atomic mass is 10.1. The lowest BCUT2D eigenvalue weighted by molar-refractivity contribution is -0.117. The number of anilines is 1.